The van der Waals surface area contributed by atoms with Crippen LogP contribution in [0.15, 0.2) is 158 Å². The molecule has 0 amide bonds. The second-order valence-corrected chi connectivity index (χ2v) is 7.94. The van der Waals surface area contributed by atoms with E-state index in [1.807, 2.05) is 122 Å². The molecule has 0 fully saturated rings. The van der Waals surface area contributed by atoms with Gasteiger partial charge in [-0.3, -0.25) is 30.4 Å². The van der Waals surface area contributed by atoms with Crippen LogP contribution in [0.3, 0.4) is 0 Å². The minimum absolute atomic E-state index is 0. The summed E-state index contributed by atoms with van der Waals surface area (Å²) in [5, 5.41) is 0. The second-order valence-electron chi connectivity index (χ2n) is 7.94. The molecule has 0 unspecified atom stereocenters. The van der Waals surface area contributed by atoms with Crippen molar-refractivity contribution in [1.82, 2.24) is 0 Å². The van der Waals surface area contributed by atoms with Gasteiger partial charge in [-0.2, -0.15) is 48.6 Å². The van der Waals surface area contributed by atoms with Gasteiger partial charge in [-0.15, -0.1) is 43.6 Å². The van der Waals surface area contributed by atoms with Crippen molar-refractivity contribution in [2.75, 3.05) is 0 Å². The minimum Gasteiger partial charge on any atom is -0.275 e. The summed E-state index contributed by atoms with van der Waals surface area (Å²) >= 11 is 0. The molecule has 6 aliphatic carbocycles. The normalized spacial score (nSPS) is 17.7. The fraction of sp³-hybridized carbons (Fsp3) is 0.179. The van der Waals surface area contributed by atoms with E-state index in [-0.39, 0.29) is 65.2 Å². The molecule has 0 N–H and O–H groups in total. The van der Waals surface area contributed by atoms with E-state index in [2.05, 4.69) is 72.9 Å². The smallest absolute Gasteiger partial charge is 0.275 e. The predicted molar refractivity (Wildman–Crippen MR) is 171 cm³/mol. The van der Waals surface area contributed by atoms with Gasteiger partial charge in [0.1, 0.15) is 0 Å². The van der Waals surface area contributed by atoms with Crippen molar-refractivity contribution in [2.24, 2.45) is 0 Å². The van der Waals surface area contributed by atoms with Gasteiger partial charge >= 0.3 is 65.2 Å². The molecule has 0 nitrogen and oxygen atoms in total. The topological polar surface area (TPSA) is 0 Å². The van der Waals surface area contributed by atoms with Crippen molar-refractivity contribution in [3.63, 3.8) is 0 Å². The van der Waals surface area contributed by atoms with Crippen LogP contribution < -0.4 is 0 Å². The van der Waals surface area contributed by atoms with E-state index in [9.17, 15) is 0 Å². The maximum absolute atomic E-state index is 3.14. The van der Waals surface area contributed by atoms with Gasteiger partial charge in [-0.25, -0.2) is 60.8 Å². The fourth-order valence-electron chi connectivity index (χ4n) is 2.73. The van der Waals surface area contributed by atoms with Gasteiger partial charge in [0, 0.05) is 0 Å². The molecular formula is C39H40Ti3. The van der Waals surface area contributed by atoms with Gasteiger partial charge < -0.3 is 0 Å². The van der Waals surface area contributed by atoms with E-state index in [4.69, 9.17) is 0 Å². The van der Waals surface area contributed by atoms with Crippen LogP contribution in [-0.2, 0) is 65.2 Å². The van der Waals surface area contributed by atoms with Crippen molar-refractivity contribution in [3.05, 3.63) is 194 Å². The average Bonchev–Trinajstić information content (AvgIpc) is 3.49. The Morgan fingerprint density at radius 3 is 1.26 bits per heavy atom. The maximum Gasteiger partial charge on any atom is 2.00 e. The molecule has 0 bridgehead atoms. The summed E-state index contributed by atoms with van der Waals surface area (Å²) in [6.07, 6.45) is 77.5. The molecule has 208 valence electrons. The Bertz CT molecular complexity index is 903. The standard InChI is InChI=1S/C8H7.C7H9.2C7H7.2C5H5.3Ti/c1-2-4-6-8-7-5-3-1;3*1-2-4-6-7-5-3-1;2*1-2-4-5-3-1;;;/h1-7H;1-3H,4,6-7H2;2*1-5H,6H2;2*1-3H,4H2;;;/q6*-1;3*+2/b2-1-,3-1?,4-2?,5-3-,6-4?,7-5?;;;;;;;;. The van der Waals surface area contributed by atoms with Crippen LogP contribution in [0.1, 0.15) is 44.9 Å². The fourth-order valence-corrected chi connectivity index (χ4v) is 2.73. The van der Waals surface area contributed by atoms with Crippen LogP contribution >= 0.6 is 0 Å². The molecular weight excluding hydrogens is 612 g/mol. The largest absolute Gasteiger partial charge is 2.00 e. The maximum atomic E-state index is 3.14. The molecule has 3 heteroatoms. The third kappa shape index (κ3) is 38.0. The van der Waals surface area contributed by atoms with Gasteiger partial charge in [-0.1, -0.05) is 56.1 Å². The molecule has 6 aliphatic rings. The zero-order chi connectivity index (χ0) is 27.6. The SMILES string of the molecule is [C-]1=C/C=C\C=C/C=C1.[C-]1=CC=CC1.[C-]1=CC=CC1.[C-]1=CC=CC=CC1.[C-]1=CC=CC=CC1.[C-]1=CC=CCCC1.[Ti+2].[Ti+2].[Ti+2]. The first kappa shape index (κ1) is 44.4. The van der Waals surface area contributed by atoms with Crippen LogP contribution in [0.5, 0.6) is 0 Å². The van der Waals surface area contributed by atoms with Crippen LogP contribution in [-0.4, -0.2) is 0 Å². The van der Waals surface area contributed by atoms with Gasteiger partial charge in [-0.05, 0) is 0 Å². The van der Waals surface area contributed by atoms with Crippen LogP contribution in [0.4, 0.5) is 0 Å². The third-order valence-electron chi connectivity index (χ3n) is 4.66. The monoisotopic (exact) mass is 652 g/mol. The van der Waals surface area contributed by atoms with Crippen LogP contribution in [0, 0.1) is 36.5 Å². The van der Waals surface area contributed by atoms with Crippen molar-refractivity contribution in [2.45, 2.75) is 44.9 Å². The Hall–Kier alpha value is -2.02. The quantitative estimate of drug-likeness (QED) is 0.181. The zero-order valence-electron chi connectivity index (χ0n) is 24.5. The molecule has 0 aliphatic heterocycles. The molecule has 0 radical (unpaired) electrons. The van der Waals surface area contributed by atoms with Crippen molar-refractivity contribution < 1.29 is 65.2 Å². The summed E-state index contributed by atoms with van der Waals surface area (Å²) in [6, 6.07) is 0. The molecule has 0 atom stereocenters. The molecule has 0 heterocycles. The third-order valence-corrected chi connectivity index (χ3v) is 4.66. The van der Waals surface area contributed by atoms with Crippen molar-refractivity contribution >= 4 is 0 Å². The van der Waals surface area contributed by atoms with E-state index < -0.39 is 0 Å². The van der Waals surface area contributed by atoms with Crippen molar-refractivity contribution in [3.8, 4) is 0 Å². The van der Waals surface area contributed by atoms with Crippen molar-refractivity contribution in [1.29, 1.82) is 0 Å². The zero-order valence-corrected chi connectivity index (χ0v) is 29.1. The molecule has 0 saturated carbocycles. The van der Waals surface area contributed by atoms with Gasteiger partial charge in [0.2, 0.25) is 0 Å². The van der Waals surface area contributed by atoms with E-state index in [0.717, 1.165) is 32.1 Å². The number of hydrogen-bond acceptors (Lipinski definition) is 0. The molecule has 6 rings (SSSR count). The molecule has 0 aromatic heterocycles. The summed E-state index contributed by atoms with van der Waals surface area (Å²) in [6.45, 7) is 0. The first-order chi connectivity index (χ1) is 19.5. The molecule has 42 heavy (non-hydrogen) atoms. The Morgan fingerprint density at radius 2 is 0.738 bits per heavy atom. The first-order valence-corrected chi connectivity index (χ1v) is 13.5. The Morgan fingerprint density at radius 1 is 0.333 bits per heavy atom. The summed E-state index contributed by atoms with van der Waals surface area (Å²) < 4.78 is 0. The average molecular weight is 652 g/mol. The Balaban J connectivity index is -0.000000431. The molecule has 0 aromatic rings. The summed E-state index contributed by atoms with van der Waals surface area (Å²) in [7, 11) is 0. The Labute approximate surface area is 302 Å². The van der Waals surface area contributed by atoms with E-state index >= 15 is 0 Å². The molecule has 0 saturated heterocycles. The summed E-state index contributed by atoms with van der Waals surface area (Å²) in [5.41, 5.74) is 0. The second kappa shape index (κ2) is 41.1. The number of hydrogen-bond donors (Lipinski definition) is 0. The first-order valence-electron chi connectivity index (χ1n) is 13.5. The van der Waals surface area contributed by atoms with Gasteiger partial charge in [0.15, 0.2) is 0 Å². The molecule has 0 aromatic carbocycles. The van der Waals surface area contributed by atoms with Crippen LogP contribution in [0.25, 0.3) is 0 Å². The van der Waals surface area contributed by atoms with E-state index in [1.54, 1.807) is 0 Å². The van der Waals surface area contributed by atoms with Crippen LogP contribution in [0.2, 0.25) is 0 Å². The van der Waals surface area contributed by atoms with Gasteiger partial charge in [0.05, 0.1) is 0 Å². The summed E-state index contributed by atoms with van der Waals surface area (Å²) in [4.78, 5) is 0. The number of rotatable bonds is 0. The molecule has 0 spiro atoms. The summed E-state index contributed by atoms with van der Waals surface area (Å²) in [5.74, 6) is 0. The number of allylic oxidation sites excluding steroid dienone is 32. The Kier molecular flexibility index (Phi) is 43.5. The van der Waals surface area contributed by atoms with E-state index in [0.29, 0.717) is 0 Å². The predicted octanol–water partition coefficient (Wildman–Crippen LogP) is 10.4. The van der Waals surface area contributed by atoms with E-state index in [1.165, 1.54) is 12.8 Å². The van der Waals surface area contributed by atoms with Gasteiger partial charge in [0.25, 0.3) is 0 Å². The minimum atomic E-state index is 0.